The lowest BCUT2D eigenvalue weighted by Gasteiger charge is -2.15. The number of aliphatic hydroxyl groups is 2. The van der Waals surface area contributed by atoms with Crippen LogP contribution >= 0.6 is 11.3 Å². The van der Waals surface area contributed by atoms with Crippen LogP contribution in [0, 0.1) is 0 Å². The van der Waals surface area contributed by atoms with Gasteiger partial charge in [0, 0.05) is 17.5 Å². The number of aromatic nitrogens is 2. The van der Waals surface area contributed by atoms with Crippen LogP contribution in [0.2, 0.25) is 0 Å². The molecular weight excluding hydrogens is 294 g/mol. The van der Waals surface area contributed by atoms with Crippen LogP contribution < -0.4 is 11.4 Å². The fourth-order valence-corrected chi connectivity index (χ4v) is 3.10. The molecule has 1 fully saturated rings. The first-order valence-electron chi connectivity index (χ1n) is 6.47. The number of anilines is 1. The van der Waals surface area contributed by atoms with E-state index in [4.69, 9.17) is 15.6 Å². The maximum atomic E-state index is 12.0. The van der Waals surface area contributed by atoms with Crippen molar-refractivity contribution in [3.8, 4) is 10.4 Å². The van der Waals surface area contributed by atoms with Gasteiger partial charge < -0.3 is 20.7 Å². The van der Waals surface area contributed by atoms with Crippen molar-refractivity contribution >= 4 is 17.2 Å². The Morgan fingerprint density at radius 1 is 1.57 bits per heavy atom. The van der Waals surface area contributed by atoms with Gasteiger partial charge in [-0.05, 0) is 11.4 Å². The number of hydrogen-bond donors (Lipinski definition) is 3. The molecule has 3 rings (SSSR count). The molecule has 1 saturated heterocycles. The molecule has 3 atom stereocenters. The van der Waals surface area contributed by atoms with E-state index in [9.17, 15) is 9.90 Å². The van der Waals surface area contributed by atoms with E-state index in [0.717, 1.165) is 4.88 Å². The minimum atomic E-state index is -0.811. The molecule has 4 N–H and O–H groups in total. The highest BCUT2D eigenvalue weighted by Gasteiger charge is 2.35. The second kappa shape index (κ2) is 5.57. The van der Waals surface area contributed by atoms with Gasteiger partial charge in [0.25, 0.3) is 0 Å². The van der Waals surface area contributed by atoms with Crippen molar-refractivity contribution in [2.24, 2.45) is 0 Å². The van der Waals surface area contributed by atoms with Gasteiger partial charge in [0.1, 0.15) is 18.1 Å². The number of thiophene rings is 1. The van der Waals surface area contributed by atoms with Crippen molar-refractivity contribution in [2.75, 3.05) is 12.3 Å². The van der Waals surface area contributed by atoms with Crippen LogP contribution in [0.15, 0.2) is 28.5 Å². The summed E-state index contributed by atoms with van der Waals surface area (Å²) in [6, 6.07) is 3.76. The first kappa shape index (κ1) is 14.2. The zero-order chi connectivity index (χ0) is 15.0. The molecule has 3 heterocycles. The standard InChI is InChI=1S/C13H15N3O4S/c14-12-7(10-2-1-3-21-10)5-16(13(19)15-12)11-4-8(18)9(6-17)20-11/h1-3,5,8-9,11,17-18H,4,6H2,(H2,14,15,19)/t8-,9-,11-/m0/s1. The fraction of sp³-hybridized carbons (Fsp3) is 0.385. The largest absolute Gasteiger partial charge is 0.394 e. The van der Waals surface area contributed by atoms with Crippen LogP contribution in [0.1, 0.15) is 12.6 Å². The third-order valence-corrected chi connectivity index (χ3v) is 4.37. The van der Waals surface area contributed by atoms with Gasteiger partial charge in [0.2, 0.25) is 0 Å². The number of nitrogens with two attached hydrogens (primary N) is 1. The fourth-order valence-electron chi connectivity index (χ4n) is 2.36. The van der Waals surface area contributed by atoms with E-state index in [1.807, 2.05) is 17.5 Å². The van der Waals surface area contributed by atoms with Crippen LogP contribution in [-0.4, -0.2) is 38.6 Å². The van der Waals surface area contributed by atoms with Crippen molar-refractivity contribution in [1.29, 1.82) is 0 Å². The van der Waals surface area contributed by atoms with Crippen LogP contribution in [0.25, 0.3) is 10.4 Å². The Morgan fingerprint density at radius 3 is 3.00 bits per heavy atom. The Labute approximate surface area is 124 Å². The summed E-state index contributed by atoms with van der Waals surface area (Å²) in [6.07, 6.45) is -0.343. The third-order valence-electron chi connectivity index (χ3n) is 3.46. The van der Waals surface area contributed by atoms with E-state index in [1.54, 1.807) is 6.20 Å². The summed E-state index contributed by atoms with van der Waals surface area (Å²) in [4.78, 5) is 16.7. The summed E-state index contributed by atoms with van der Waals surface area (Å²) in [5.74, 6) is 0.163. The van der Waals surface area contributed by atoms with Crippen molar-refractivity contribution in [1.82, 2.24) is 9.55 Å². The van der Waals surface area contributed by atoms with Crippen LogP contribution in [-0.2, 0) is 4.74 Å². The number of nitrogen functional groups attached to an aromatic ring is 1. The number of aliphatic hydroxyl groups excluding tert-OH is 2. The molecule has 0 amide bonds. The molecule has 1 aliphatic heterocycles. The van der Waals surface area contributed by atoms with E-state index in [-0.39, 0.29) is 18.8 Å². The van der Waals surface area contributed by atoms with Crippen molar-refractivity contribution < 1.29 is 14.9 Å². The highest BCUT2D eigenvalue weighted by molar-refractivity contribution is 7.13. The van der Waals surface area contributed by atoms with Gasteiger partial charge in [-0.15, -0.1) is 11.3 Å². The Kier molecular flexibility index (Phi) is 3.77. The average Bonchev–Trinajstić information content (AvgIpc) is 3.08. The Morgan fingerprint density at radius 2 is 2.38 bits per heavy atom. The minimum absolute atomic E-state index is 0.163. The van der Waals surface area contributed by atoms with E-state index in [0.29, 0.717) is 5.56 Å². The lowest BCUT2D eigenvalue weighted by molar-refractivity contribution is -0.0458. The summed E-state index contributed by atoms with van der Waals surface area (Å²) < 4.78 is 6.80. The molecule has 21 heavy (non-hydrogen) atoms. The van der Waals surface area contributed by atoms with Gasteiger partial charge in [0.05, 0.1) is 18.3 Å². The molecule has 0 unspecified atom stereocenters. The van der Waals surface area contributed by atoms with Gasteiger partial charge >= 0.3 is 5.69 Å². The Bertz CT molecular complexity index is 685. The molecule has 0 radical (unpaired) electrons. The topological polar surface area (TPSA) is 111 Å². The highest BCUT2D eigenvalue weighted by atomic mass is 32.1. The molecule has 0 aliphatic carbocycles. The molecule has 112 valence electrons. The van der Waals surface area contributed by atoms with E-state index in [2.05, 4.69) is 4.98 Å². The summed E-state index contributed by atoms with van der Waals surface area (Å²) in [7, 11) is 0. The van der Waals surface area contributed by atoms with Crippen LogP contribution in [0.5, 0.6) is 0 Å². The van der Waals surface area contributed by atoms with Gasteiger partial charge in [-0.1, -0.05) is 6.07 Å². The quantitative estimate of drug-likeness (QED) is 0.747. The smallest absolute Gasteiger partial charge is 0.351 e. The molecule has 1 aliphatic rings. The monoisotopic (exact) mass is 309 g/mol. The second-order valence-electron chi connectivity index (χ2n) is 4.82. The maximum Gasteiger partial charge on any atom is 0.351 e. The van der Waals surface area contributed by atoms with E-state index < -0.39 is 24.1 Å². The molecule has 0 aromatic carbocycles. The lowest BCUT2D eigenvalue weighted by atomic mass is 10.2. The first-order chi connectivity index (χ1) is 10.1. The van der Waals surface area contributed by atoms with E-state index >= 15 is 0 Å². The molecule has 0 spiro atoms. The maximum absolute atomic E-state index is 12.0. The summed E-state index contributed by atoms with van der Waals surface area (Å²) in [5.41, 5.74) is 5.92. The van der Waals surface area contributed by atoms with Crippen molar-refractivity contribution in [3.63, 3.8) is 0 Å². The zero-order valence-corrected chi connectivity index (χ0v) is 11.9. The van der Waals surface area contributed by atoms with Crippen LogP contribution in [0.3, 0.4) is 0 Å². The van der Waals surface area contributed by atoms with Gasteiger partial charge in [-0.2, -0.15) is 4.98 Å². The average molecular weight is 309 g/mol. The van der Waals surface area contributed by atoms with Crippen molar-refractivity contribution in [2.45, 2.75) is 24.9 Å². The third kappa shape index (κ3) is 2.58. The number of nitrogens with zero attached hydrogens (tertiary/aromatic N) is 2. The Balaban J connectivity index is 2.00. The SMILES string of the molecule is Nc1nc(=O)n([C@@H]2C[C@H](O)[C@H](CO)O2)cc1-c1cccs1. The van der Waals surface area contributed by atoms with E-state index in [1.165, 1.54) is 15.9 Å². The predicted octanol–water partition coefficient (Wildman–Crippen LogP) is 0.195. The van der Waals surface area contributed by atoms with Gasteiger partial charge in [0.15, 0.2) is 0 Å². The first-order valence-corrected chi connectivity index (χ1v) is 7.35. The lowest BCUT2D eigenvalue weighted by Crippen LogP contribution is -2.28. The minimum Gasteiger partial charge on any atom is -0.394 e. The van der Waals surface area contributed by atoms with Crippen LogP contribution in [0.4, 0.5) is 5.82 Å². The Hall–Kier alpha value is -1.74. The van der Waals surface area contributed by atoms with Gasteiger partial charge in [-0.3, -0.25) is 4.57 Å². The molecule has 2 aromatic heterocycles. The number of hydrogen-bond acceptors (Lipinski definition) is 7. The molecule has 2 aromatic rings. The van der Waals surface area contributed by atoms with Gasteiger partial charge in [-0.25, -0.2) is 4.79 Å². The normalized spacial score (nSPS) is 25.3. The number of ether oxygens (including phenoxy) is 1. The predicted molar refractivity (Wildman–Crippen MR) is 77.8 cm³/mol. The number of rotatable bonds is 3. The second-order valence-corrected chi connectivity index (χ2v) is 5.77. The van der Waals surface area contributed by atoms with Crippen molar-refractivity contribution in [3.05, 3.63) is 34.2 Å². The zero-order valence-electron chi connectivity index (χ0n) is 11.0. The molecule has 7 nitrogen and oxygen atoms in total. The molecule has 0 saturated carbocycles. The highest BCUT2D eigenvalue weighted by Crippen LogP contribution is 2.31. The summed E-state index contributed by atoms with van der Waals surface area (Å²) in [6.45, 7) is -0.299. The summed E-state index contributed by atoms with van der Waals surface area (Å²) >= 11 is 1.49. The molecular formula is C13H15N3O4S. The molecule has 0 bridgehead atoms. The summed E-state index contributed by atoms with van der Waals surface area (Å²) in [5, 5.41) is 20.8. The molecule has 8 heteroatoms.